The topological polar surface area (TPSA) is 55.4 Å². The molecule has 4 nitrogen and oxygen atoms in total. The van der Waals surface area contributed by atoms with Gasteiger partial charge >= 0.3 is 0 Å². The number of imide groups is 1. The molecule has 1 aromatic rings. The van der Waals surface area contributed by atoms with Crippen LogP contribution in [0.1, 0.15) is 38.2 Å². The van der Waals surface area contributed by atoms with E-state index in [1.807, 2.05) is 31.2 Å². The van der Waals surface area contributed by atoms with Gasteiger partial charge in [-0.15, -0.1) is 0 Å². The van der Waals surface area contributed by atoms with Gasteiger partial charge in [-0.25, -0.2) is 0 Å². The largest absolute Gasteiger partial charge is 0.494 e. The van der Waals surface area contributed by atoms with Gasteiger partial charge in [-0.2, -0.15) is 0 Å². The van der Waals surface area contributed by atoms with Crippen LogP contribution >= 0.6 is 0 Å². The molecular weight excluding hydrogens is 242 g/mol. The van der Waals surface area contributed by atoms with Gasteiger partial charge in [0.25, 0.3) is 0 Å². The summed E-state index contributed by atoms with van der Waals surface area (Å²) in [7, 11) is 0. The van der Waals surface area contributed by atoms with Crippen molar-refractivity contribution in [2.24, 2.45) is 5.92 Å². The number of benzene rings is 1. The Bertz CT molecular complexity index is 467. The summed E-state index contributed by atoms with van der Waals surface area (Å²) in [6.07, 6.45) is 1.33. The van der Waals surface area contributed by atoms with Gasteiger partial charge in [0.1, 0.15) is 5.75 Å². The Kier molecular flexibility index (Phi) is 4.20. The van der Waals surface area contributed by atoms with Gasteiger partial charge in [0, 0.05) is 18.3 Å². The number of hydrogen-bond donors (Lipinski definition) is 1. The van der Waals surface area contributed by atoms with Crippen LogP contribution in [-0.4, -0.2) is 18.4 Å². The molecule has 0 spiro atoms. The normalized spacial score (nSPS) is 23.1. The van der Waals surface area contributed by atoms with Gasteiger partial charge in [0.2, 0.25) is 11.8 Å². The number of ether oxygens (including phenoxy) is 1. The lowest BCUT2D eigenvalue weighted by molar-refractivity contribution is -0.136. The second-order valence-electron chi connectivity index (χ2n) is 4.93. The predicted molar refractivity (Wildman–Crippen MR) is 71.9 cm³/mol. The van der Waals surface area contributed by atoms with E-state index < -0.39 is 0 Å². The lowest BCUT2D eigenvalue weighted by atomic mass is 9.81. The van der Waals surface area contributed by atoms with Crippen LogP contribution in [-0.2, 0) is 9.59 Å². The maximum Gasteiger partial charge on any atom is 0.230 e. The van der Waals surface area contributed by atoms with Crippen molar-refractivity contribution in [3.8, 4) is 5.75 Å². The minimum absolute atomic E-state index is 0.0403. The number of carbonyl (C=O) groups excluding carboxylic acids is 2. The summed E-state index contributed by atoms with van der Waals surface area (Å²) in [5.41, 5.74) is 1.01. The first-order chi connectivity index (χ1) is 9.11. The van der Waals surface area contributed by atoms with Crippen molar-refractivity contribution >= 4 is 11.8 Å². The third-order valence-corrected chi connectivity index (χ3v) is 3.47. The van der Waals surface area contributed by atoms with Crippen LogP contribution in [0.2, 0.25) is 0 Å². The molecule has 1 aliphatic rings. The van der Waals surface area contributed by atoms with Crippen molar-refractivity contribution < 1.29 is 14.3 Å². The Morgan fingerprint density at radius 2 is 1.95 bits per heavy atom. The van der Waals surface area contributed by atoms with Gasteiger partial charge in [0.05, 0.1) is 6.61 Å². The number of amides is 2. The maximum atomic E-state index is 11.6. The molecule has 4 heteroatoms. The second kappa shape index (κ2) is 5.87. The van der Waals surface area contributed by atoms with Crippen LogP contribution in [0.25, 0.3) is 0 Å². The molecular formula is C15H19NO3. The molecule has 1 N–H and O–H groups in total. The van der Waals surface area contributed by atoms with Crippen LogP contribution < -0.4 is 10.1 Å². The minimum atomic E-state index is -0.195. The highest BCUT2D eigenvalue weighted by atomic mass is 16.5. The number of nitrogens with one attached hydrogen (secondary N) is 1. The molecule has 1 saturated heterocycles. The van der Waals surface area contributed by atoms with Gasteiger partial charge in [0.15, 0.2) is 0 Å². The first kappa shape index (κ1) is 13.6. The Hall–Kier alpha value is -1.84. The standard InChI is InChI=1S/C15H19NO3/c1-3-8-19-12-6-4-11(5-7-12)13-9-14(17)16-15(18)10(13)2/h4-7,10,13H,3,8-9H2,1-2H3,(H,16,17,18). The lowest BCUT2D eigenvalue weighted by Gasteiger charge is -2.27. The van der Waals surface area contributed by atoms with E-state index in [9.17, 15) is 9.59 Å². The van der Waals surface area contributed by atoms with Crippen molar-refractivity contribution in [3.05, 3.63) is 29.8 Å². The summed E-state index contributed by atoms with van der Waals surface area (Å²) in [6.45, 7) is 4.61. The second-order valence-corrected chi connectivity index (χ2v) is 4.93. The van der Waals surface area contributed by atoms with Crippen LogP contribution in [0.5, 0.6) is 5.75 Å². The Labute approximate surface area is 113 Å². The van der Waals surface area contributed by atoms with E-state index >= 15 is 0 Å². The fourth-order valence-electron chi connectivity index (χ4n) is 2.30. The van der Waals surface area contributed by atoms with Crippen LogP contribution in [0, 0.1) is 5.92 Å². The molecule has 0 aromatic heterocycles. The van der Waals surface area contributed by atoms with Crippen LogP contribution in [0.3, 0.4) is 0 Å². The molecule has 2 atom stereocenters. The molecule has 19 heavy (non-hydrogen) atoms. The first-order valence-corrected chi connectivity index (χ1v) is 6.68. The Morgan fingerprint density at radius 1 is 1.26 bits per heavy atom. The molecule has 0 radical (unpaired) electrons. The molecule has 2 rings (SSSR count). The minimum Gasteiger partial charge on any atom is -0.494 e. The van der Waals surface area contributed by atoms with Crippen LogP contribution in [0.4, 0.5) is 0 Å². The molecule has 1 fully saturated rings. The number of carbonyl (C=O) groups is 2. The summed E-state index contributed by atoms with van der Waals surface area (Å²) in [5.74, 6) is 0.221. The molecule has 1 aromatic carbocycles. The molecule has 2 amide bonds. The third kappa shape index (κ3) is 3.13. The number of piperidine rings is 1. The zero-order chi connectivity index (χ0) is 13.8. The quantitative estimate of drug-likeness (QED) is 0.846. The van der Waals surface area contributed by atoms with E-state index in [1.165, 1.54) is 0 Å². The summed E-state index contributed by atoms with van der Waals surface area (Å²) < 4.78 is 5.52. The zero-order valence-electron chi connectivity index (χ0n) is 11.3. The average Bonchev–Trinajstić information content (AvgIpc) is 2.41. The maximum absolute atomic E-state index is 11.6. The molecule has 102 valence electrons. The predicted octanol–water partition coefficient (Wildman–Crippen LogP) is 2.24. The summed E-state index contributed by atoms with van der Waals surface area (Å²) in [6, 6.07) is 7.68. The van der Waals surface area contributed by atoms with Crippen molar-refractivity contribution in [2.75, 3.05) is 6.61 Å². The zero-order valence-corrected chi connectivity index (χ0v) is 11.3. The highest BCUT2D eigenvalue weighted by Crippen LogP contribution is 2.31. The summed E-state index contributed by atoms with van der Waals surface area (Å²) in [4.78, 5) is 23.1. The third-order valence-electron chi connectivity index (χ3n) is 3.47. The van der Waals surface area contributed by atoms with Crippen molar-refractivity contribution in [1.29, 1.82) is 0 Å². The smallest absolute Gasteiger partial charge is 0.230 e. The Morgan fingerprint density at radius 3 is 2.58 bits per heavy atom. The monoisotopic (exact) mass is 261 g/mol. The van der Waals surface area contributed by atoms with Gasteiger partial charge in [-0.05, 0) is 24.1 Å². The number of rotatable bonds is 4. The molecule has 1 aliphatic heterocycles. The van der Waals surface area contributed by atoms with E-state index in [0.717, 1.165) is 17.7 Å². The van der Waals surface area contributed by atoms with E-state index in [1.54, 1.807) is 0 Å². The van der Waals surface area contributed by atoms with Crippen molar-refractivity contribution in [1.82, 2.24) is 5.32 Å². The molecule has 0 bridgehead atoms. The van der Waals surface area contributed by atoms with Gasteiger partial charge < -0.3 is 4.74 Å². The average molecular weight is 261 g/mol. The molecule has 1 heterocycles. The molecule has 2 unspecified atom stereocenters. The van der Waals surface area contributed by atoms with E-state index in [-0.39, 0.29) is 23.7 Å². The highest BCUT2D eigenvalue weighted by Gasteiger charge is 2.33. The lowest BCUT2D eigenvalue weighted by Crippen LogP contribution is -2.43. The fraction of sp³-hybridized carbons (Fsp3) is 0.467. The Balaban J connectivity index is 2.12. The highest BCUT2D eigenvalue weighted by molar-refractivity contribution is 5.99. The van der Waals surface area contributed by atoms with Gasteiger partial charge in [-0.3, -0.25) is 14.9 Å². The summed E-state index contributed by atoms with van der Waals surface area (Å²) >= 11 is 0. The van der Waals surface area contributed by atoms with E-state index in [4.69, 9.17) is 4.74 Å². The summed E-state index contributed by atoms with van der Waals surface area (Å²) in [5, 5.41) is 2.37. The van der Waals surface area contributed by atoms with E-state index in [2.05, 4.69) is 12.2 Å². The van der Waals surface area contributed by atoms with Gasteiger partial charge in [-0.1, -0.05) is 26.0 Å². The molecule has 0 saturated carbocycles. The SMILES string of the molecule is CCCOc1ccc(C2CC(=O)NC(=O)C2C)cc1. The van der Waals surface area contributed by atoms with Crippen LogP contribution in [0.15, 0.2) is 24.3 Å². The van der Waals surface area contributed by atoms with Crippen molar-refractivity contribution in [2.45, 2.75) is 32.6 Å². The first-order valence-electron chi connectivity index (χ1n) is 6.68. The van der Waals surface area contributed by atoms with Crippen molar-refractivity contribution in [3.63, 3.8) is 0 Å². The fourth-order valence-corrected chi connectivity index (χ4v) is 2.30. The number of hydrogen-bond acceptors (Lipinski definition) is 3. The molecule has 0 aliphatic carbocycles. The van der Waals surface area contributed by atoms with E-state index in [0.29, 0.717) is 13.0 Å².